The highest BCUT2D eigenvalue weighted by molar-refractivity contribution is 7.93. The number of hydrogen-bond acceptors (Lipinski definition) is 5. The standard InChI is InChI=1S/C26H30N2O5S/c1-19-5-6-20(2)25(17-19)34(30,31)28(22-9-13-24(33-4)14-10-22)18-26(29)27-16-15-21-7-11-23(32-3)12-8-21/h5-14,17H,15-16,18H2,1-4H3,(H,27,29). The number of carbonyl (C=O) groups excluding carboxylic acids is 1. The Bertz CT molecular complexity index is 1220. The van der Waals surface area contributed by atoms with Crippen LogP contribution in [0.2, 0.25) is 0 Å². The summed E-state index contributed by atoms with van der Waals surface area (Å²) in [5.41, 5.74) is 2.86. The first-order chi connectivity index (χ1) is 16.2. The van der Waals surface area contributed by atoms with E-state index >= 15 is 0 Å². The van der Waals surface area contributed by atoms with E-state index in [0.29, 0.717) is 30.0 Å². The third-order valence-electron chi connectivity index (χ3n) is 5.45. The minimum Gasteiger partial charge on any atom is -0.497 e. The molecule has 34 heavy (non-hydrogen) atoms. The number of rotatable bonds is 10. The summed E-state index contributed by atoms with van der Waals surface area (Å²) >= 11 is 0. The Hall–Kier alpha value is -3.52. The average molecular weight is 483 g/mol. The lowest BCUT2D eigenvalue weighted by Crippen LogP contribution is -2.41. The molecule has 7 nitrogen and oxygen atoms in total. The van der Waals surface area contributed by atoms with Gasteiger partial charge in [-0.15, -0.1) is 0 Å². The van der Waals surface area contributed by atoms with Crippen LogP contribution in [0.4, 0.5) is 5.69 Å². The molecule has 0 atom stereocenters. The SMILES string of the molecule is COc1ccc(CCNC(=O)CN(c2ccc(OC)cc2)S(=O)(=O)c2cc(C)ccc2C)cc1. The lowest BCUT2D eigenvalue weighted by atomic mass is 10.1. The molecular weight excluding hydrogens is 452 g/mol. The van der Waals surface area contributed by atoms with E-state index in [9.17, 15) is 13.2 Å². The van der Waals surface area contributed by atoms with Crippen LogP contribution >= 0.6 is 0 Å². The number of amides is 1. The predicted octanol–water partition coefficient (Wildman–Crippen LogP) is 3.87. The van der Waals surface area contributed by atoms with Crippen molar-refractivity contribution < 1.29 is 22.7 Å². The van der Waals surface area contributed by atoms with Gasteiger partial charge in [0.2, 0.25) is 5.91 Å². The molecule has 0 fully saturated rings. The summed E-state index contributed by atoms with van der Waals surface area (Å²) in [5.74, 6) is 0.967. The van der Waals surface area contributed by atoms with Gasteiger partial charge in [-0.1, -0.05) is 24.3 Å². The molecule has 0 radical (unpaired) electrons. The molecule has 8 heteroatoms. The summed E-state index contributed by atoms with van der Waals surface area (Å²) in [7, 11) is -0.844. The van der Waals surface area contributed by atoms with Gasteiger partial charge in [-0.2, -0.15) is 0 Å². The van der Waals surface area contributed by atoms with Crippen LogP contribution in [-0.4, -0.2) is 41.6 Å². The summed E-state index contributed by atoms with van der Waals surface area (Å²) in [5, 5.41) is 2.83. The summed E-state index contributed by atoms with van der Waals surface area (Å²) in [6, 6.07) is 19.4. The van der Waals surface area contributed by atoms with Gasteiger partial charge in [0, 0.05) is 6.54 Å². The van der Waals surface area contributed by atoms with E-state index in [1.807, 2.05) is 37.3 Å². The lowest BCUT2D eigenvalue weighted by Gasteiger charge is -2.25. The Morgan fingerprint density at radius 1 is 0.882 bits per heavy atom. The number of methoxy groups -OCH3 is 2. The number of sulfonamides is 1. The second-order valence-corrected chi connectivity index (χ2v) is 9.76. The first kappa shape index (κ1) is 25.1. The fraction of sp³-hybridized carbons (Fsp3) is 0.269. The van der Waals surface area contributed by atoms with Crippen LogP contribution in [0.3, 0.4) is 0 Å². The molecule has 1 amide bonds. The van der Waals surface area contributed by atoms with Crippen molar-refractivity contribution in [3.05, 3.63) is 83.4 Å². The first-order valence-electron chi connectivity index (χ1n) is 10.9. The molecule has 0 bridgehead atoms. The summed E-state index contributed by atoms with van der Waals surface area (Å²) in [4.78, 5) is 13.0. The lowest BCUT2D eigenvalue weighted by molar-refractivity contribution is -0.119. The van der Waals surface area contributed by atoms with Gasteiger partial charge in [-0.3, -0.25) is 9.10 Å². The Balaban J connectivity index is 1.80. The molecule has 0 aliphatic rings. The molecule has 3 aromatic carbocycles. The molecule has 0 saturated heterocycles. The van der Waals surface area contributed by atoms with E-state index in [1.54, 1.807) is 50.4 Å². The second kappa shape index (κ2) is 11.1. The Morgan fingerprint density at radius 2 is 1.47 bits per heavy atom. The van der Waals surface area contributed by atoms with E-state index in [1.165, 1.54) is 7.11 Å². The number of benzene rings is 3. The van der Waals surface area contributed by atoms with E-state index in [2.05, 4.69) is 5.32 Å². The molecule has 3 rings (SSSR count). The fourth-order valence-corrected chi connectivity index (χ4v) is 5.23. The smallest absolute Gasteiger partial charge is 0.265 e. The Labute approximate surface area is 201 Å². The van der Waals surface area contributed by atoms with Crippen molar-refractivity contribution in [2.24, 2.45) is 0 Å². The van der Waals surface area contributed by atoms with Crippen LogP contribution < -0.4 is 19.1 Å². The van der Waals surface area contributed by atoms with Gasteiger partial charge in [0.1, 0.15) is 18.0 Å². The molecule has 0 unspecified atom stereocenters. The van der Waals surface area contributed by atoms with Crippen molar-refractivity contribution in [2.45, 2.75) is 25.2 Å². The summed E-state index contributed by atoms with van der Waals surface area (Å²) in [6.45, 7) is 3.62. The molecule has 0 spiro atoms. The number of nitrogens with one attached hydrogen (secondary N) is 1. The zero-order valence-electron chi connectivity index (χ0n) is 19.9. The third kappa shape index (κ3) is 6.08. The van der Waals surface area contributed by atoms with Crippen LogP contribution in [0.25, 0.3) is 0 Å². The monoisotopic (exact) mass is 482 g/mol. The minimum atomic E-state index is -3.99. The zero-order valence-corrected chi connectivity index (χ0v) is 20.7. The van der Waals surface area contributed by atoms with Crippen molar-refractivity contribution in [3.63, 3.8) is 0 Å². The van der Waals surface area contributed by atoms with Gasteiger partial charge < -0.3 is 14.8 Å². The van der Waals surface area contributed by atoms with E-state index in [-0.39, 0.29) is 11.4 Å². The van der Waals surface area contributed by atoms with Gasteiger partial charge >= 0.3 is 0 Å². The maximum atomic E-state index is 13.7. The van der Waals surface area contributed by atoms with Crippen molar-refractivity contribution >= 4 is 21.6 Å². The predicted molar refractivity (Wildman–Crippen MR) is 133 cm³/mol. The van der Waals surface area contributed by atoms with Crippen molar-refractivity contribution in [2.75, 3.05) is 31.6 Å². The Morgan fingerprint density at radius 3 is 2.06 bits per heavy atom. The number of hydrogen-bond donors (Lipinski definition) is 1. The van der Waals surface area contributed by atoms with Crippen LogP contribution in [0.5, 0.6) is 11.5 Å². The van der Waals surface area contributed by atoms with E-state index in [0.717, 1.165) is 21.2 Å². The molecule has 0 heterocycles. The van der Waals surface area contributed by atoms with Crippen molar-refractivity contribution in [1.82, 2.24) is 5.32 Å². The highest BCUT2D eigenvalue weighted by atomic mass is 32.2. The largest absolute Gasteiger partial charge is 0.497 e. The fourth-order valence-electron chi connectivity index (χ4n) is 3.49. The molecule has 180 valence electrons. The van der Waals surface area contributed by atoms with Gasteiger partial charge in [-0.25, -0.2) is 8.42 Å². The molecule has 0 aromatic heterocycles. The molecular formula is C26H30N2O5S. The third-order valence-corrected chi connectivity index (χ3v) is 7.37. The number of anilines is 1. The van der Waals surface area contributed by atoms with E-state index < -0.39 is 15.9 Å². The minimum absolute atomic E-state index is 0.175. The molecule has 0 aliphatic carbocycles. The molecule has 0 saturated carbocycles. The van der Waals surface area contributed by atoms with Crippen LogP contribution in [0, 0.1) is 13.8 Å². The normalized spacial score (nSPS) is 11.1. The maximum Gasteiger partial charge on any atom is 0.265 e. The topological polar surface area (TPSA) is 84.9 Å². The van der Waals surface area contributed by atoms with Gasteiger partial charge in [0.05, 0.1) is 24.8 Å². The van der Waals surface area contributed by atoms with Crippen molar-refractivity contribution in [3.8, 4) is 11.5 Å². The molecule has 3 aromatic rings. The molecule has 0 aliphatic heterocycles. The second-order valence-electron chi connectivity index (χ2n) is 7.93. The number of carbonyl (C=O) groups is 1. The number of aryl methyl sites for hydroxylation is 2. The van der Waals surface area contributed by atoms with Gasteiger partial charge in [0.15, 0.2) is 0 Å². The first-order valence-corrected chi connectivity index (χ1v) is 12.3. The van der Waals surface area contributed by atoms with Crippen molar-refractivity contribution in [1.29, 1.82) is 0 Å². The Kier molecular flexibility index (Phi) is 8.17. The zero-order chi connectivity index (χ0) is 24.7. The van der Waals surface area contributed by atoms with Gasteiger partial charge in [0.25, 0.3) is 10.0 Å². The average Bonchev–Trinajstić information content (AvgIpc) is 2.84. The maximum absolute atomic E-state index is 13.7. The molecule has 1 N–H and O–H groups in total. The van der Waals surface area contributed by atoms with E-state index in [4.69, 9.17) is 9.47 Å². The highest BCUT2D eigenvalue weighted by Crippen LogP contribution is 2.28. The number of nitrogens with zero attached hydrogens (tertiary/aromatic N) is 1. The number of ether oxygens (including phenoxy) is 2. The van der Waals surface area contributed by atoms with Crippen LogP contribution in [0.15, 0.2) is 71.6 Å². The summed E-state index contributed by atoms with van der Waals surface area (Å²) < 4.78 is 38.8. The van der Waals surface area contributed by atoms with Crippen LogP contribution in [-0.2, 0) is 21.2 Å². The highest BCUT2D eigenvalue weighted by Gasteiger charge is 2.28. The quantitative estimate of drug-likeness (QED) is 0.474. The van der Waals surface area contributed by atoms with Crippen LogP contribution in [0.1, 0.15) is 16.7 Å². The summed E-state index contributed by atoms with van der Waals surface area (Å²) in [6.07, 6.45) is 0.613. The van der Waals surface area contributed by atoms with Gasteiger partial charge in [-0.05, 0) is 79.4 Å².